The number of imidazole rings is 1. The Bertz CT molecular complexity index is 415. The Kier molecular flexibility index (Phi) is 4.87. The van der Waals surface area contributed by atoms with Gasteiger partial charge in [0.1, 0.15) is 11.0 Å². The lowest BCUT2D eigenvalue weighted by atomic mass is 9.76. The molecule has 1 heterocycles. The fourth-order valence-electron chi connectivity index (χ4n) is 2.94. The highest BCUT2D eigenvalue weighted by molar-refractivity contribution is 6.29. The summed E-state index contributed by atoms with van der Waals surface area (Å²) in [5.41, 5.74) is -0.223. The first kappa shape index (κ1) is 14.8. The molecule has 0 aromatic carbocycles. The average molecular weight is 286 g/mol. The van der Waals surface area contributed by atoms with Crippen LogP contribution >= 0.6 is 11.6 Å². The van der Waals surface area contributed by atoms with E-state index < -0.39 is 0 Å². The lowest BCUT2D eigenvalue weighted by Crippen LogP contribution is -2.52. The van der Waals surface area contributed by atoms with Crippen molar-refractivity contribution in [1.82, 2.24) is 14.9 Å². The molecule has 1 aliphatic rings. The van der Waals surface area contributed by atoms with E-state index >= 15 is 0 Å². The van der Waals surface area contributed by atoms with Gasteiger partial charge in [0.25, 0.3) is 0 Å². The predicted molar refractivity (Wildman–Crippen MR) is 77.1 cm³/mol. The highest BCUT2D eigenvalue weighted by Crippen LogP contribution is 2.32. The zero-order valence-corrected chi connectivity index (χ0v) is 12.6. The quantitative estimate of drug-likeness (QED) is 0.874. The fourth-order valence-corrected chi connectivity index (χ4v) is 3.08. The topological polar surface area (TPSA) is 50.1 Å². The van der Waals surface area contributed by atoms with Gasteiger partial charge >= 0.3 is 0 Å². The zero-order chi connectivity index (χ0) is 13.9. The molecule has 5 heteroatoms. The summed E-state index contributed by atoms with van der Waals surface area (Å²) in [5, 5.41) is 13.9. The number of nitrogens with one attached hydrogen (secondary N) is 1. The molecular formula is C14H24ClN3O. The van der Waals surface area contributed by atoms with Crippen LogP contribution in [0, 0.1) is 5.92 Å². The van der Waals surface area contributed by atoms with Crippen LogP contribution in [0.3, 0.4) is 0 Å². The Morgan fingerprint density at radius 3 is 2.68 bits per heavy atom. The second-order valence-corrected chi connectivity index (χ2v) is 6.21. The molecule has 19 heavy (non-hydrogen) atoms. The molecule has 2 N–H and O–H groups in total. The summed E-state index contributed by atoms with van der Waals surface area (Å²) in [7, 11) is 1.91. The predicted octanol–water partition coefficient (Wildman–Crippen LogP) is 2.49. The van der Waals surface area contributed by atoms with Crippen molar-refractivity contribution < 1.29 is 5.11 Å². The molecule has 0 bridgehead atoms. The number of aliphatic hydroxyl groups is 1. The summed E-state index contributed by atoms with van der Waals surface area (Å²) in [6.07, 6.45) is 7.94. The first-order valence-corrected chi connectivity index (χ1v) is 7.46. The molecule has 0 amide bonds. The van der Waals surface area contributed by atoms with Crippen molar-refractivity contribution in [2.45, 2.75) is 51.1 Å². The van der Waals surface area contributed by atoms with Crippen LogP contribution in [0.15, 0.2) is 6.20 Å². The monoisotopic (exact) mass is 285 g/mol. The Hall–Kier alpha value is -0.580. The Labute approximate surface area is 120 Å². The summed E-state index contributed by atoms with van der Waals surface area (Å²) >= 11 is 5.99. The zero-order valence-electron chi connectivity index (χ0n) is 11.8. The molecule has 1 saturated carbocycles. The third-order valence-corrected chi connectivity index (χ3v) is 4.86. The first-order chi connectivity index (χ1) is 9.07. The molecule has 0 spiro atoms. The maximum absolute atomic E-state index is 9.77. The van der Waals surface area contributed by atoms with Gasteiger partial charge in [-0.25, -0.2) is 4.98 Å². The van der Waals surface area contributed by atoms with Crippen molar-refractivity contribution in [3.05, 3.63) is 17.2 Å². The third-order valence-electron chi connectivity index (χ3n) is 4.51. The maximum Gasteiger partial charge on any atom is 0.128 e. The van der Waals surface area contributed by atoms with E-state index in [4.69, 9.17) is 11.6 Å². The second kappa shape index (κ2) is 6.25. The number of halogens is 1. The van der Waals surface area contributed by atoms with E-state index in [0.29, 0.717) is 17.6 Å². The molecule has 1 aromatic rings. The van der Waals surface area contributed by atoms with E-state index in [0.717, 1.165) is 5.82 Å². The lowest BCUT2D eigenvalue weighted by Gasteiger charge is -2.39. The van der Waals surface area contributed by atoms with Gasteiger partial charge in [-0.15, -0.1) is 0 Å². The molecule has 0 radical (unpaired) electrons. The first-order valence-electron chi connectivity index (χ1n) is 7.09. The van der Waals surface area contributed by atoms with E-state index in [2.05, 4.69) is 17.2 Å². The lowest BCUT2D eigenvalue weighted by molar-refractivity contribution is 0.0928. The van der Waals surface area contributed by atoms with Gasteiger partial charge in [0.15, 0.2) is 0 Å². The van der Waals surface area contributed by atoms with E-state index in [1.165, 1.54) is 32.1 Å². The van der Waals surface area contributed by atoms with Crippen molar-refractivity contribution in [2.24, 2.45) is 13.0 Å². The Morgan fingerprint density at radius 2 is 2.16 bits per heavy atom. The largest absolute Gasteiger partial charge is 0.394 e. The smallest absolute Gasteiger partial charge is 0.128 e. The number of nitrogens with zero attached hydrogens (tertiary/aromatic N) is 2. The summed E-state index contributed by atoms with van der Waals surface area (Å²) in [6, 6.07) is 0. The second-order valence-electron chi connectivity index (χ2n) is 5.82. The van der Waals surface area contributed by atoms with Crippen LogP contribution in [-0.2, 0) is 13.6 Å². The van der Waals surface area contributed by atoms with Crippen LogP contribution < -0.4 is 5.32 Å². The van der Waals surface area contributed by atoms with Gasteiger partial charge in [-0.3, -0.25) is 0 Å². The van der Waals surface area contributed by atoms with Crippen LogP contribution in [-0.4, -0.2) is 26.8 Å². The molecule has 0 unspecified atom stereocenters. The number of hydrogen-bond acceptors (Lipinski definition) is 3. The molecule has 0 aliphatic heterocycles. The van der Waals surface area contributed by atoms with Crippen LogP contribution in [0.2, 0.25) is 5.15 Å². The van der Waals surface area contributed by atoms with Gasteiger partial charge in [-0.1, -0.05) is 30.9 Å². The normalized spacial score (nSPS) is 20.4. The molecule has 1 fully saturated rings. The Morgan fingerprint density at radius 1 is 1.47 bits per heavy atom. The van der Waals surface area contributed by atoms with Gasteiger partial charge in [-0.05, 0) is 25.7 Å². The molecule has 1 aliphatic carbocycles. The minimum atomic E-state index is -0.223. The molecule has 1 aromatic heterocycles. The van der Waals surface area contributed by atoms with Gasteiger partial charge in [0.2, 0.25) is 0 Å². The van der Waals surface area contributed by atoms with Crippen LogP contribution in [0.25, 0.3) is 0 Å². The summed E-state index contributed by atoms with van der Waals surface area (Å²) in [5.74, 6) is 1.45. The standard InChI is InChI=1S/C14H24ClN3O/c1-14(10-19,11-6-4-3-5-7-11)17-9-13-16-8-12(15)18(13)2/h8,11,17,19H,3-7,9-10H2,1-2H3/t14-/m0/s1. The molecule has 4 nitrogen and oxygen atoms in total. The van der Waals surface area contributed by atoms with Crippen molar-refractivity contribution >= 4 is 11.6 Å². The minimum absolute atomic E-state index is 0.163. The Balaban J connectivity index is 1.99. The van der Waals surface area contributed by atoms with E-state index in [9.17, 15) is 5.11 Å². The SMILES string of the molecule is Cn1c(Cl)cnc1CN[C@@](C)(CO)C1CCCCC1. The van der Waals surface area contributed by atoms with E-state index in [1.54, 1.807) is 6.20 Å². The number of hydrogen-bond donors (Lipinski definition) is 2. The van der Waals surface area contributed by atoms with Gasteiger partial charge in [-0.2, -0.15) is 0 Å². The van der Waals surface area contributed by atoms with Crippen molar-refractivity contribution in [3.8, 4) is 0 Å². The third kappa shape index (κ3) is 3.30. The van der Waals surface area contributed by atoms with Crippen LogP contribution in [0.1, 0.15) is 44.9 Å². The van der Waals surface area contributed by atoms with Crippen LogP contribution in [0.4, 0.5) is 0 Å². The van der Waals surface area contributed by atoms with Crippen molar-refractivity contribution in [2.75, 3.05) is 6.61 Å². The van der Waals surface area contributed by atoms with Gasteiger partial charge in [0, 0.05) is 12.6 Å². The molecular weight excluding hydrogens is 262 g/mol. The van der Waals surface area contributed by atoms with Gasteiger partial charge in [0.05, 0.1) is 19.3 Å². The van der Waals surface area contributed by atoms with Crippen LogP contribution in [0.5, 0.6) is 0 Å². The highest BCUT2D eigenvalue weighted by Gasteiger charge is 2.34. The molecule has 1 atom stereocenters. The average Bonchev–Trinajstić information content (AvgIpc) is 2.77. The van der Waals surface area contributed by atoms with Crippen molar-refractivity contribution in [3.63, 3.8) is 0 Å². The number of aliphatic hydroxyl groups excluding tert-OH is 1. The number of rotatable bonds is 5. The minimum Gasteiger partial charge on any atom is -0.394 e. The van der Waals surface area contributed by atoms with Gasteiger partial charge < -0.3 is 15.0 Å². The van der Waals surface area contributed by atoms with E-state index in [-0.39, 0.29) is 12.1 Å². The molecule has 0 saturated heterocycles. The summed E-state index contributed by atoms with van der Waals surface area (Å²) < 4.78 is 1.87. The summed E-state index contributed by atoms with van der Waals surface area (Å²) in [4.78, 5) is 4.28. The summed E-state index contributed by atoms with van der Waals surface area (Å²) in [6.45, 7) is 2.92. The number of aromatic nitrogens is 2. The highest BCUT2D eigenvalue weighted by atomic mass is 35.5. The molecule has 2 rings (SSSR count). The van der Waals surface area contributed by atoms with E-state index in [1.807, 2.05) is 11.6 Å². The maximum atomic E-state index is 9.77. The fraction of sp³-hybridized carbons (Fsp3) is 0.786. The molecule has 108 valence electrons. The van der Waals surface area contributed by atoms with Crippen molar-refractivity contribution in [1.29, 1.82) is 0 Å².